The molecule has 27 heavy (non-hydrogen) atoms. The average molecular weight is 367 g/mol. The molecular weight excluding hydrogens is 346 g/mol. The van der Waals surface area contributed by atoms with Crippen LogP contribution in [0.4, 0.5) is 0 Å². The quantitative estimate of drug-likeness (QED) is 0.599. The van der Waals surface area contributed by atoms with E-state index in [-0.39, 0.29) is 18.3 Å². The maximum absolute atomic E-state index is 12.8. The van der Waals surface area contributed by atoms with E-state index in [9.17, 15) is 14.4 Å². The fraction of sp³-hybridized carbons (Fsp3) is 0.286. The van der Waals surface area contributed by atoms with Gasteiger partial charge in [0.05, 0.1) is 7.11 Å². The highest BCUT2D eigenvalue weighted by atomic mass is 16.5. The summed E-state index contributed by atoms with van der Waals surface area (Å²) in [5.41, 5.74) is 2.55. The van der Waals surface area contributed by atoms with Gasteiger partial charge in [-0.3, -0.25) is 9.59 Å². The van der Waals surface area contributed by atoms with Gasteiger partial charge >= 0.3 is 5.97 Å². The van der Waals surface area contributed by atoms with Crippen molar-refractivity contribution in [1.29, 1.82) is 0 Å². The van der Waals surface area contributed by atoms with Crippen molar-refractivity contribution >= 4 is 17.7 Å². The minimum Gasteiger partial charge on any atom is -0.484 e. The highest BCUT2D eigenvalue weighted by Gasteiger charge is 2.35. The number of esters is 1. The van der Waals surface area contributed by atoms with Crippen LogP contribution >= 0.6 is 0 Å². The van der Waals surface area contributed by atoms with Crippen molar-refractivity contribution in [2.24, 2.45) is 0 Å². The Hall–Kier alpha value is -3.15. The van der Waals surface area contributed by atoms with Gasteiger partial charge in [-0.2, -0.15) is 0 Å². The Balaban J connectivity index is 1.74. The van der Waals surface area contributed by atoms with Crippen LogP contribution in [-0.2, 0) is 27.3 Å². The van der Waals surface area contributed by atoms with Crippen LogP contribution < -0.4 is 4.74 Å². The lowest BCUT2D eigenvalue weighted by Gasteiger charge is -2.35. The second-order valence-corrected chi connectivity index (χ2v) is 6.41. The van der Waals surface area contributed by atoms with Crippen molar-refractivity contribution in [2.75, 3.05) is 13.7 Å². The zero-order chi connectivity index (χ0) is 19.4. The maximum Gasteiger partial charge on any atom is 0.328 e. The third-order valence-corrected chi connectivity index (χ3v) is 4.65. The van der Waals surface area contributed by atoms with E-state index in [2.05, 4.69) is 0 Å². The Morgan fingerprint density at radius 3 is 2.52 bits per heavy atom. The van der Waals surface area contributed by atoms with E-state index < -0.39 is 12.0 Å². The maximum atomic E-state index is 12.8. The summed E-state index contributed by atoms with van der Waals surface area (Å²) in [6.07, 6.45) is 0.411. The predicted octanol–water partition coefficient (Wildman–Crippen LogP) is 2.39. The molecule has 6 heteroatoms. The van der Waals surface area contributed by atoms with Crippen molar-refractivity contribution in [3.63, 3.8) is 0 Å². The van der Waals surface area contributed by atoms with Crippen molar-refractivity contribution in [1.82, 2.24) is 4.90 Å². The van der Waals surface area contributed by atoms with Crippen LogP contribution in [0.5, 0.6) is 5.75 Å². The van der Waals surface area contributed by atoms with Gasteiger partial charge in [-0.15, -0.1) is 0 Å². The lowest BCUT2D eigenvalue weighted by molar-refractivity contribution is -0.154. The Kier molecular flexibility index (Phi) is 5.54. The van der Waals surface area contributed by atoms with Gasteiger partial charge in [-0.1, -0.05) is 36.4 Å². The lowest BCUT2D eigenvalue weighted by atomic mass is 9.94. The smallest absolute Gasteiger partial charge is 0.328 e. The number of rotatable bonds is 5. The monoisotopic (exact) mass is 367 g/mol. The fourth-order valence-electron chi connectivity index (χ4n) is 3.16. The van der Waals surface area contributed by atoms with Crippen molar-refractivity contribution in [3.8, 4) is 5.75 Å². The van der Waals surface area contributed by atoms with Crippen molar-refractivity contribution < 1.29 is 23.9 Å². The summed E-state index contributed by atoms with van der Waals surface area (Å²) >= 11 is 0. The van der Waals surface area contributed by atoms with Crippen LogP contribution in [0.3, 0.4) is 0 Å². The number of carbonyl (C=O) groups is 3. The molecule has 3 rings (SSSR count). The Bertz CT molecular complexity index is 876. The number of carbonyl (C=O) groups excluding carboxylic acids is 3. The van der Waals surface area contributed by atoms with Gasteiger partial charge in [0.2, 0.25) is 0 Å². The third kappa shape index (κ3) is 4.16. The highest BCUT2D eigenvalue weighted by Crippen LogP contribution is 2.24. The molecular formula is C21H21NO5. The topological polar surface area (TPSA) is 72.9 Å². The Morgan fingerprint density at radius 1 is 1.07 bits per heavy atom. The molecule has 1 amide bonds. The van der Waals surface area contributed by atoms with E-state index in [0.29, 0.717) is 24.3 Å². The van der Waals surface area contributed by atoms with Crippen LogP contribution in [0, 0.1) is 0 Å². The summed E-state index contributed by atoms with van der Waals surface area (Å²) in [5, 5.41) is 0. The van der Waals surface area contributed by atoms with Crippen LogP contribution in [0.15, 0.2) is 48.5 Å². The number of nitrogens with zero attached hydrogens (tertiary/aromatic N) is 1. The van der Waals surface area contributed by atoms with Crippen molar-refractivity contribution in [2.45, 2.75) is 25.9 Å². The molecule has 0 fully saturated rings. The molecule has 2 aromatic rings. The molecule has 1 aliphatic rings. The number of fused-ring (bicyclic) bond motifs is 1. The van der Waals surface area contributed by atoms with Gasteiger partial charge in [0.25, 0.3) is 5.91 Å². The number of amides is 1. The van der Waals surface area contributed by atoms with Crippen LogP contribution in [-0.4, -0.2) is 42.3 Å². The number of hydrogen-bond donors (Lipinski definition) is 0. The lowest BCUT2D eigenvalue weighted by Crippen LogP contribution is -2.50. The first kappa shape index (κ1) is 18.6. The van der Waals surface area contributed by atoms with Gasteiger partial charge in [0.1, 0.15) is 11.8 Å². The molecule has 6 nitrogen and oxygen atoms in total. The van der Waals surface area contributed by atoms with E-state index in [1.807, 2.05) is 24.3 Å². The summed E-state index contributed by atoms with van der Waals surface area (Å²) in [6, 6.07) is 13.7. The minimum atomic E-state index is -0.676. The molecule has 0 spiro atoms. The molecule has 0 radical (unpaired) electrons. The van der Waals surface area contributed by atoms with Gasteiger partial charge in [0, 0.05) is 18.5 Å². The van der Waals surface area contributed by atoms with E-state index in [1.54, 1.807) is 24.3 Å². The van der Waals surface area contributed by atoms with Gasteiger partial charge in [0.15, 0.2) is 12.4 Å². The summed E-state index contributed by atoms with van der Waals surface area (Å²) in [7, 11) is 1.31. The zero-order valence-corrected chi connectivity index (χ0v) is 15.3. The molecule has 140 valence electrons. The summed E-state index contributed by atoms with van der Waals surface area (Å²) in [4.78, 5) is 37.9. The summed E-state index contributed by atoms with van der Waals surface area (Å²) < 4.78 is 10.4. The molecule has 1 atom stereocenters. The van der Waals surface area contributed by atoms with Gasteiger partial charge in [-0.05, 0) is 30.2 Å². The largest absolute Gasteiger partial charge is 0.484 e. The number of methoxy groups -OCH3 is 1. The normalized spacial score (nSPS) is 15.6. The van der Waals surface area contributed by atoms with Crippen LogP contribution in [0.2, 0.25) is 0 Å². The minimum absolute atomic E-state index is 0.0785. The number of benzene rings is 2. The summed E-state index contributed by atoms with van der Waals surface area (Å²) in [5.74, 6) is -0.405. The predicted molar refractivity (Wildman–Crippen MR) is 98.4 cm³/mol. The summed E-state index contributed by atoms with van der Waals surface area (Å²) in [6.45, 7) is 1.57. The molecule has 0 aliphatic carbocycles. The highest BCUT2D eigenvalue weighted by molar-refractivity contribution is 5.94. The number of hydrogen-bond acceptors (Lipinski definition) is 5. The van der Waals surface area contributed by atoms with Crippen LogP contribution in [0.1, 0.15) is 28.4 Å². The Morgan fingerprint density at radius 2 is 1.81 bits per heavy atom. The molecule has 0 saturated carbocycles. The molecule has 2 aromatic carbocycles. The molecule has 1 aliphatic heterocycles. The molecule has 0 aromatic heterocycles. The zero-order valence-electron chi connectivity index (χ0n) is 15.3. The van der Waals surface area contributed by atoms with E-state index >= 15 is 0 Å². The van der Waals surface area contributed by atoms with E-state index in [1.165, 1.54) is 18.9 Å². The molecule has 0 N–H and O–H groups in total. The van der Waals surface area contributed by atoms with E-state index in [0.717, 1.165) is 11.1 Å². The second-order valence-electron chi connectivity index (χ2n) is 6.41. The number of Topliss-reactive ketones (excluding diaryl/α,β-unsaturated/α-hetero) is 1. The Labute approximate surface area is 157 Å². The molecule has 0 saturated heterocycles. The van der Waals surface area contributed by atoms with E-state index in [4.69, 9.17) is 9.47 Å². The average Bonchev–Trinajstić information content (AvgIpc) is 2.70. The second kappa shape index (κ2) is 8.03. The molecule has 1 heterocycles. The first-order valence-corrected chi connectivity index (χ1v) is 8.67. The third-order valence-electron chi connectivity index (χ3n) is 4.65. The molecule has 0 bridgehead atoms. The van der Waals surface area contributed by atoms with Crippen LogP contribution in [0.25, 0.3) is 0 Å². The van der Waals surface area contributed by atoms with Crippen molar-refractivity contribution in [3.05, 3.63) is 65.2 Å². The molecule has 0 unspecified atom stereocenters. The number of ether oxygens (including phenoxy) is 2. The first-order chi connectivity index (χ1) is 13.0. The van der Waals surface area contributed by atoms with Gasteiger partial charge in [-0.25, -0.2) is 4.79 Å². The SMILES string of the molecule is COC(=O)[C@@H]1Cc2ccccc2CN1C(=O)COc1cccc(C(C)=O)c1. The van der Waals surface area contributed by atoms with Gasteiger partial charge < -0.3 is 14.4 Å². The first-order valence-electron chi connectivity index (χ1n) is 8.67. The standard InChI is InChI=1S/C21H21NO5/c1-14(23)15-8-5-9-18(10-15)27-13-20(24)22-12-17-7-4-3-6-16(17)11-19(22)21(25)26-2/h3-10,19H,11-13H2,1-2H3/t19-/m0/s1. The number of ketones is 1. The fourth-order valence-corrected chi connectivity index (χ4v) is 3.16.